The van der Waals surface area contributed by atoms with E-state index in [4.69, 9.17) is 0 Å². The van der Waals surface area contributed by atoms with Gasteiger partial charge in [-0.25, -0.2) is 4.98 Å². The zero-order valence-electron chi connectivity index (χ0n) is 16.8. The Hall–Kier alpha value is -3.74. The molecule has 0 saturated carbocycles. The van der Waals surface area contributed by atoms with E-state index in [-0.39, 0.29) is 5.91 Å². The molecular formula is C23H22N6O. The minimum Gasteiger partial charge on any atom is -0.353 e. The van der Waals surface area contributed by atoms with Crippen molar-refractivity contribution in [2.24, 2.45) is 0 Å². The third kappa shape index (κ3) is 3.28. The number of hydrogen-bond acceptors (Lipinski definition) is 5. The summed E-state index contributed by atoms with van der Waals surface area (Å²) < 4.78 is 1.76. The van der Waals surface area contributed by atoms with Crippen LogP contribution in [0.4, 0.5) is 5.82 Å². The quantitative estimate of drug-likeness (QED) is 0.531. The van der Waals surface area contributed by atoms with Gasteiger partial charge in [0, 0.05) is 43.5 Å². The molecule has 7 heteroatoms. The zero-order valence-corrected chi connectivity index (χ0v) is 16.8. The van der Waals surface area contributed by atoms with Crippen LogP contribution in [0.2, 0.25) is 0 Å². The minimum absolute atomic E-state index is 0.0749. The van der Waals surface area contributed by atoms with Crippen molar-refractivity contribution < 1.29 is 4.79 Å². The molecule has 0 spiro atoms. The van der Waals surface area contributed by atoms with Gasteiger partial charge in [0.1, 0.15) is 12.1 Å². The largest absolute Gasteiger partial charge is 0.353 e. The first-order chi connectivity index (χ1) is 14.7. The molecule has 1 amide bonds. The van der Waals surface area contributed by atoms with Crippen molar-refractivity contribution in [3.05, 3.63) is 78.2 Å². The smallest absolute Gasteiger partial charge is 0.254 e. The first kappa shape index (κ1) is 18.3. The van der Waals surface area contributed by atoms with E-state index in [1.54, 1.807) is 4.52 Å². The second-order valence-electron chi connectivity index (χ2n) is 7.42. The molecule has 1 aliphatic heterocycles. The Kier molecular flexibility index (Phi) is 4.63. The van der Waals surface area contributed by atoms with Crippen LogP contribution in [0.3, 0.4) is 0 Å². The average molecular weight is 398 g/mol. The lowest BCUT2D eigenvalue weighted by Crippen LogP contribution is -2.49. The highest BCUT2D eigenvalue weighted by Crippen LogP contribution is 2.25. The molecular weight excluding hydrogens is 376 g/mol. The van der Waals surface area contributed by atoms with E-state index in [1.165, 1.54) is 6.33 Å². The maximum Gasteiger partial charge on any atom is 0.254 e. The molecule has 5 rings (SSSR count). The third-order valence-electron chi connectivity index (χ3n) is 5.49. The third-order valence-corrected chi connectivity index (χ3v) is 5.49. The summed E-state index contributed by atoms with van der Waals surface area (Å²) in [5, 5.41) is 4.30. The van der Waals surface area contributed by atoms with Gasteiger partial charge in [0.25, 0.3) is 11.7 Å². The molecule has 2 aromatic heterocycles. The fourth-order valence-electron chi connectivity index (χ4n) is 3.98. The number of fused-ring (bicyclic) bond motifs is 1. The highest BCUT2D eigenvalue weighted by atomic mass is 16.2. The van der Waals surface area contributed by atoms with Crippen LogP contribution in [0.1, 0.15) is 16.1 Å². The Balaban J connectivity index is 1.37. The van der Waals surface area contributed by atoms with Crippen LogP contribution in [0.15, 0.2) is 67.0 Å². The van der Waals surface area contributed by atoms with E-state index in [0.29, 0.717) is 18.9 Å². The number of aryl methyl sites for hydroxylation is 1. The van der Waals surface area contributed by atoms with Crippen molar-refractivity contribution in [2.75, 3.05) is 31.1 Å². The number of benzene rings is 2. The predicted octanol–water partition coefficient (Wildman–Crippen LogP) is 3.06. The molecule has 0 bridgehead atoms. The molecule has 1 aliphatic rings. The summed E-state index contributed by atoms with van der Waals surface area (Å²) in [7, 11) is 0. The lowest BCUT2D eigenvalue weighted by atomic mass is 9.98. The molecule has 30 heavy (non-hydrogen) atoms. The summed E-state index contributed by atoms with van der Waals surface area (Å²) in [6.45, 7) is 4.73. The lowest BCUT2D eigenvalue weighted by Gasteiger charge is -2.36. The molecule has 150 valence electrons. The standard InChI is InChI=1S/C23H22N6O/c1-17-15-21(29-23(26-17)24-16-25-29)27-11-13-28(14-12-27)22(30)20-10-6-5-9-19(20)18-7-3-2-4-8-18/h2-10,15-16H,11-14H2,1H3. The molecule has 0 atom stereocenters. The molecule has 2 aromatic carbocycles. The van der Waals surface area contributed by atoms with E-state index in [2.05, 4.69) is 20.0 Å². The second kappa shape index (κ2) is 7.59. The fraction of sp³-hybridized carbons (Fsp3) is 0.217. The molecule has 4 aromatic rings. The molecule has 0 aliphatic carbocycles. The molecule has 1 saturated heterocycles. The van der Waals surface area contributed by atoms with Crippen LogP contribution in [-0.4, -0.2) is 56.6 Å². The number of amides is 1. The SMILES string of the molecule is Cc1cc(N2CCN(C(=O)c3ccccc3-c3ccccc3)CC2)n2ncnc2n1. The predicted molar refractivity (Wildman–Crippen MR) is 116 cm³/mol. The Morgan fingerprint density at radius 1 is 0.933 bits per heavy atom. The maximum absolute atomic E-state index is 13.3. The molecule has 0 N–H and O–H groups in total. The van der Waals surface area contributed by atoms with E-state index in [0.717, 1.165) is 41.3 Å². The van der Waals surface area contributed by atoms with Crippen molar-refractivity contribution in [3.8, 4) is 11.1 Å². The van der Waals surface area contributed by atoms with Crippen molar-refractivity contribution in [1.29, 1.82) is 0 Å². The summed E-state index contributed by atoms with van der Waals surface area (Å²) in [6, 6.07) is 19.9. The van der Waals surface area contributed by atoms with Gasteiger partial charge in [-0.2, -0.15) is 14.6 Å². The molecule has 0 unspecified atom stereocenters. The summed E-state index contributed by atoms with van der Waals surface area (Å²) in [6.07, 6.45) is 1.52. The van der Waals surface area contributed by atoms with Gasteiger partial charge in [-0.3, -0.25) is 4.79 Å². The molecule has 1 fully saturated rings. The maximum atomic E-state index is 13.3. The fourth-order valence-corrected chi connectivity index (χ4v) is 3.98. The van der Waals surface area contributed by atoms with Crippen LogP contribution in [-0.2, 0) is 0 Å². The second-order valence-corrected chi connectivity index (χ2v) is 7.42. The van der Waals surface area contributed by atoms with Crippen molar-refractivity contribution >= 4 is 17.5 Å². The number of rotatable bonds is 3. The Morgan fingerprint density at radius 3 is 2.47 bits per heavy atom. The van der Waals surface area contributed by atoms with E-state index in [1.807, 2.05) is 72.5 Å². The van der Waals surface area contributed by atoms with E-state index >= 15 is 0 Å². The topological polar surface area (TPSA) is 66.6 Å². The van der Waals surface area contributed by atoms with Crippen molar-refractivity contribution in [3.63, 3.8) is 0 Å². The first-order valence-corrected chi connectivity index (χ1v) is 10.1. The van der Waals surface area contributed by atoms with Crippen molar-refractivity contribution in [1.82, 2.24) is 24.5 Å². The molecule has 3 heterocycles. The van der Waals surface area contributed by atoms with E-state index in [9.17, 15) is 4.79 Å². The number of piperazine rings is 1. The summed E-state index contributed by atoms with van der Waals surface area (Å²) in [5.74, 6) is 1.64. The number of carbonyl (C=O) groups excluding carboxylic acids is 1. The average Bonchev–Trinajstić information content (AvgIpc) is 3.27. The number of carbonyl (C=O) groups is 1. The minimum atomic E-state index is 0.0749. The van der Waals surface area contributed by atoms with Crippen LogP contribution in [0.5, 0.6) is 0 Å². The Labute approximate surface area is 174 Å². The molecule has 0 radical (unpaired) electrons. The summed E-state index contributed by atoms with van der Waals surface area (Å²) >= 11 is 0. The molecule has 7 nitrogen and oxygen atoms in total. The van der Waals surface area contributed by atoms with Gasteiger partial charge in [-0.15, -0.1) is 0 Å². The van der Waals surface area contributed by atoms with Crippen LogP contribution < -0.4 is 4.90 Å². The Morgan fingerprint density at radius 2 is 1.67 bits per heavy atom. The normalized spacial score (nSPS) is 14.3. The van der Waals surface area contributed by atoms with E-state index < -0.39 is 0 Å². The van der Waals surface area contributed by atoms with Crippen LogP contribution in [0, 0.1) is 6.92 Å². The van der Waals surface area contributed by atoms with Gasteiger partial charge in [0.15, 0.2) is 0 Å². The number of hydrogen-bond donors (Lipinski definition) is 0. The van der Waals surface area contributed by atoms with Gasteiger partial charge in [-0.05, 0) is 24.1 Å². The van der Waals surface area contributed by atoms with Gasteiger partial charge >= 0.3 is 0 Å². The number of anilines is 1. The summed E-state index contributed by atoms with van der Waals surface area (Å²) in [4.78, 5) is 26.1. The monoisotopic (exact) mass is 398 g/mol. The van der Waals surface area contributed by atoms with Gasteiger partial charge < -0.3 is 9.80 Å². The van der Waals surface area contributed by atoms with Crippen molar-refractivity contribution in [2.45, 2.75) is 6.92 Å². The lowest BCUT2D eigenvalue weighted by molar-refractivity contribution is 0.0747. The van der Waals surface area contributed by atoms with Gasteiger partial charge in [0.2, 0.25) is 0 Å². The van der Waals surface area contributed by atoms with Gasteiger partial charge in [-0.1, -0.05) is 48.5 Å². The number of nitrogens with zero attached hydrogens (tertiary/aromatic N) is 6. The van der Waals surface area contributed by atoms with Gasteiger partial charge in [0.05, 0.1) is 0 Å². The highest BCUT2D eigenvalue weighted by Gasteiger charge is 2.25. The highest BCUT2D eigenvalue weighted by molar-refractivity contribution is 6.01. The Bertz CT molecular complexity index is 1190. The summed E-state index contributed by atoms with van der Waals surface area (Å²) in [5.41, 5.74) is 3.68. The van der Waals surface area contributed by atoms with Crippen LogP contribution >= 0.6 is 0 Å². The van der Waals surface area contributed by atoms with Crippen LogP contribution in [0.25, 0.3) is 16.9 Å². The first-order valence-electron chi connectivity index (χ1n) is 10.1. The number of aromatic nitrogens is 4. The zero-order chi connectivity index (χ0) is 20.5.